The highest BCUT2D eigenvalue weighted by Gasteiger charge is 2.30. The second-order valence-corrected chi connectivity index (χ2v) is 3.03. The number of carbonyl (C=O) groups is 2. The van der Waals surface area contributed by atoms with Crippen LogP contribution in [0, 0.1) is 5.92 Å². The maximum absolute atomic E-state index is 11.5. The largest absolute Gasteiger partial charge is 0.447 e. The Morgan fingerprint density at radius 2 is 2.54 bits per heavy atom. The van der Waals surface area contributed by atoms with Gasteiger partial charge in [-0.1, -0.05) is 13.0 Å². The molecule has 1 atom stereocenters. The lowest BCUT2D eigenvalue weighted by molar-refractivity contribution is -0.131. The minimum Gasteiger partial charge on any atom is -0.447 e. The summed E-state index contributed by atoms with van der Waals surface area (Å²) in [6.45, 7) is 6.00. The van der Waals surface area contributed by atoms with Crippen molar-refractivity contribution in [1.29, 1.82) is 0 Å². The molecule has 0 saturated carbocycles. The van der Waals surface area contributed by atoms with Gasteiger partial charge >= 0.3 is 6.09 Å². The smallest absolute Gasteiger partial charge is 0.416 e. The number of hydrogen-bond donors (Lipinski definition) is 0. The third-order valence-electron chi connectivity index (χ3n) is 1.97. The van der Waals surface area contributed by atoms with Gasteiger partial charge in [0.05, 0.1) is 6.54 Å². The number of hydrogen-bond acceptors (Lipinski definition) is 3. The van der Waals surface area contributed by atoms with E-state index in [4.69, 9.17) is 0 Å². The van der Waals surface area contributed by atoms with Crippen LogP contribution < -0.4 is 0 Å². The van der Waals surface area contributed by atoms with Crippen molar-refractivity contribution >= 4 is 12.0 Å². The van der Waals surface area contributed by atoms with E-state index in [9.17, 15) is 9.59 Å². The normalized spacial score (nSPS) is 18.2. The molecule has 0 aromatic carbocycles. The fourth-order valence-corrected chi connectivity index (χ4v) is 1.21. The van der Waals surface area contributed by atoms with Gasteiger partial charge in [-0.25, -0.2) is 9.69 Å². The Morgan fingerprint density at radius 3 is 3.00 bits per heavy atom. The minimum absolute atomic E-state index is 0.178. The van der Waals surface area contributed by atoms with E-state index in [1.807, 2.05) is 0 Å². The van der Waals surface area contributed by atoms with Crippen molar-refractivity contribution in [2.24, 2.45) is 5.92 Å². The monoisotopic (exact) mass is 183 g/mol. The third kappa shape index (κ3) is 2.08. The van der Waals surface area contributed by atoms with Crippen LogP contribution in [0.5, 0.6) is 0 Å². The molecule has 4 nitrogen and oxygen atoms in total. The molecule has 1 aliphatic heterocycles. The summed E-state index contributed by atoms with van der Waals surface area (Å²) in [6.07, 6.45) is 1.73. The maximum atomic E-state index is 11.5. The molecule has 2 amide bonds. The Hall–Kier alpha value is -1.32. The number of ether oxygens (including phenoxy) is 1. The van der Waals surface area contributed by atoms with Crippen molar-refractivity contribution in [1.82, 2.24) is 4.90 Å². The summed E-state index contributed by atoms with van der Waals surface area (Å²) in [5, 5.41) is 0. The number of imide groups is 1. The topological polar surface area (TPSA) is 46.6 Å². The van der Waals surface area contributed by atoms with Crippen molar-refractivity contribution in [3.05, 3.63) is 12.7 Å². The molecule has 0 spiro atoms. The number of cyclic esters (lactones) is 1. The van der Waals surface area contributed by atoms with E-state index >= 15 is 0 Å². The Labute approximate surface area is 77.2 Å². The van der Waals surface area contributed by atoms with E-state index < -0.39 is 6.09 Å². The Bertz CT molecular complexity index is 237. The highest BCUT2D eigenvalue weighted by atomic mass is 16.6. The van der Waals surface area contributed by atoms with Gasteiger partial charge in [0.1, 0.15) is 6.61 Å². The average molecular weight is 183 g/mol. The van der Waals surface area contributed by atoms with Crippen LogP contribution in [0.25, 0.3) is 0 Å². The van der Waals surface area contributed by atoms with Gasteiger partial charge in [0, 0.05) is 5.92 Å². The van der Waals surface area contributed by atoms with Gasteiger partial charge in [0.2, 0.25) is 5.91 Å². The number of amides is 2. The van der Waals surface area contributed by atoms with Crippen LogP contribution in [0.1, 0.15) is 13.3 Å². The van der Waals surface area contributed by atoms with Crippen molar-refractivity contribution in [2.75, 3.05) is 13.2 Å². The van der Waals surface area contributed by atoms with Crippen molar-refractivity contribution in [3.8, 4) is 0 Å². The first kappa shape index (κ1) is 9.77. The molecule has 1 fully saturated rings. The summed E-state index contributed by atoms with van der Waals surface area (Å²) >= 11 is 0. The summed E-state index contributed by atoms with van der Waals surface area (Å²) in [5.74, 6) is -0.370. The van der Waals surface area contributed by atoms with E-state index in [0.29, 0.717) is 19.6 Å². The molecule has 13 heavy (non-hydrogen) atoms. The summed E-state index contributed by atoms with van der Waals surface area (Å²) in [4.78, 5) is 23.7. The van der Waals surface area contributed by atoms with Crippen LogP contribution in [0.3, 0.4) is 0 Å². The van der Waals surface area contributed by atoms with E-state index in [2.05, 4.69) is 11.3 Å². The molecule has 4 heteroatoms. The molecule has 0 bridgehead atoms. The molecule has 72 valence electrons. The minimum atomic E-state index is -0.527. The van der Waals surface area contributed by atoms with Gasteiger partial charge < -0.3 is 4.74 Å². The van der Waals surface area contributed by atoms with Crippen LogP contribution in [-0.2, 0) is 9.53 Å². The van der Waals surface area contributed by atoms with E-state index in [-0.39, 0.29) is 11.8 Å². The van der Waals surface area contributed by atoms with Gasteiger partial charge in [0.25, 0.3) is 0 Å². The molecule has 1 aliphatic rings. The number of allylic oxidation sites excluding steroid dienone is 1. The highest BCUT2D eigenvalue weighted by molar-refractivity contribution is 5.94. The molecule has 0 aliphatic carbocycles. The molecule has 1 saturated heterocycles. The first-order valence-corrected chi connectivity index (χ1v) is 4.26. The number of rotatable bonds is 3. The summed E-state index contributed by atoms with van der Waals surface area (Å²) in [7, 11) is 0. The van der Waals surface area contributed by atoms with Gasteiger partial charge in [-0.2, -0.15) is 0 Å². The van der Waals surface area contributed by atoms with Crippen LogP contribution in [0.2, 0.25) is 0 Å². The fraction of sp³-hybridized carbons (Fsp3) is 0.556. The first-order valence-electron chi connectivity index (χ1n) is 4.26. The Morgan fingerprint density at radius 1 is 1.85 bits per heavy atom. The highest BCUT2D eigenvalue weighted by Crippen LogP contribution is 2.12. The quantitative estimate of drug-likeness (QED) is 0.617. The molecule has 0 aromatic heterocycles. The van der Waals surface area contributed by atoms with Crippen molar-refractivity contribution in [2.45, 2.75) is 13.3 Å². The fourth-order valence-electron chi connectivity index (χ4n) is 1.21. The first-order chi connectivity index (χ1) is 6.16. The van der Waals surface area contributed by atoms with Crippen LogP contribution >= 0.6 is 0 Å². The predicted octanol–water partition coefficient (Wildman–Crippen LogP) is 1.18. The number of nitrogens with zero attached hydrogens (tertiary/aromatic N) is 1. The average Bonchev–Trinajstić information content (AvgIpc) is 2.50. The molecule has 0 aromatic rings. The zero-order valence-electron chi connectivity index (χ0n) is 7.66. The lowest BCUT2D eigenvalue weighted by atomic mass is 10.1. The zero-order chi connectivity index (χ0) is 9.84. The van der Waals surface area contributed by atoms with E-state index in [1.54, 1.807) is 13.0 Å². The summed E-state index contributed by atoms with van der Waals surface area (Å²) < 4.78 is 4.66. The Kier molecular flexibility index (Phi) is 3.06. The molecule has 1 rings (SSSR count). The molecule has 0 unspecified atom stereocenters. The standard InChI is InChI=1S/C9H13NO3/c1-3-4-7(2)8(11)10-5-6-13-9(10)12/h3,7H,1,4-6H2,2H3/t7-/m1/s1. The van der Waals surface area contributed by atoms with Gasteiger partial charge in [0.15, 0.2) is 0 Å². The van der Waals surface area contributed by atoms with Crippen molar-refractivity contribution < 1.29 is 14.3 Å². The number of carbonyl (C=O) groups excluding carboxylic acids is 2. The molecular formula is C9H13NO3. The molecule has 0 radical (unpaired) electrons. The van der Waals surface area contributed by atoms with Crippen molar-refractivity contribution in [3.63, 3.8) is 0 Å². The lowest BCUT2D eigenvalue weighted by Crippen LogP contribution is -2.35. The van der Waals surface area contributed by atoms with E-state index in [0.717, 1.165) is 4.90 Å². The summed E-state index contributed by atoms with van der Waals surface area (Å²) in [6, 6.07) is 0. The SMILES string of the molecule is C=CC[C@@H](C)C(=O)N1CCOC1=O. The predicted molar refractivity (Wildman–Crippen MR) is 47.0 cm³/mol. The molecule has 0 N–H and O–H groups in total. The van der Waals surface area contributed by atoms with Gasteiger partial charge in [-0.05, 0) is 6.42 Å². The molecular weight excluding hydrogens is 170 g/mol. The third-order valence-corrected chi connectivity index (χ3v) is 1.97. The van der Waals surface area contributed by atoms with E-state index in [1.165, 1.54) is 0 Å². The second kappa shape index (κ2) is 4.07. The zero-order valence-corrected chi connectivity index (χ0v) is 7.66. The second-order valence-electron chi connectivity index (χ2n) is 3.03. The van der Waals surface area contributed by atoms with Crippen LogP contribution in [0.4, 0.5) is 4.79 Å². The summed E-state index contributed by atoms with van der Waals surface area (Å²) in [5.41, 5.74) is 0. The van der Waals surface area contributed by atoms with Gasteiger partial charge in [-0.3, -0.25) is 4.79 Å². The Balaban J connectivity index is 2.55. The maximum Gasteiger partial charge on any atom is 0.416 e. The van der Waals surface area contributed by atoms with Crippen LogP contribution in [0.15, 0.2) is 12.7 Å². The van der Waals surface area contributed by atoms with Gasteiger partial charge in [-0.15, -0.1) is 6.58 Å². The van der Waals surface area contributed by atoms with Crippen LogP contribution in [-0.4, -0.2) is 30.1 Å². The molecule has 1 heterocycles. The lowest BCUT2D eigenvalue weighted by Gasteiger charge is -2.14.